The van der Waals surface area contributed by atoms with Gasteiger partial charge in [0.2, 0.25) is 0 Å². The third kappa shape index (κ3) is 0.940. The van der Waals surface area contributed by atoms with Gasteiger partial charge in [0.05, 0.1) is 0 Å². The fourth-order valence-corrected chi connectivity index (χ4v) is 1.34. The molecular formula is C9H11NO2. The highest BCUT2D eigenvalue weighted by Gasteiger charge is 2.42. The van der Waals surface area contributed by atoms with Crippen molar-refractivity contribution in [3.8, 4) is 11.5 Å². The molecule has 1 aromatic carbocycles. The number of rotatable bonds is 1. The van der Waals surface area contributed by atoms with Crippen LogP contribution in [0.4, 0.5) is 0 Å². The molecule has 0 heterocycles. The Labute approximate surface area is 70.4 Å². The zero-order valence-electron chi connectivity index (χ0n) is 6.62. The first-order valence-corrected chi connectivity index (χ1v) is 3.94. The fraction of sp³-hybridized carbons (Fsp3) is 0.333. The maximum absolute atomic E-state index is 9.44. The predicted octanol–water partition coefficient (Wildman–Crippen LogP) is 1.05. The van der Waals surface area contributed by atoms with E-state index in [9.17, 15) is 10.2 Å². The van der Waals surface area contributed by atoms with Gasteiger partial charge in [0, 0.05) is 11.1 Å². The van der Waals surface area contributed by atoms with Crippen LogP contribution in [-0.2, 0) is 5.54 Å². The van der Waals surface area contributed by atoms with E-state index >= 15 is 0 Å². The van der Waals surface area contributed by atoms with Gasteiger partial charge >= 0.3 is 0 Å². The number of benzene rings is 1. The fourth-order valence-electron chi connectivity index (χ4n) is 1.34. The molecule has 64 valence electrons. The molecule has 1 aromatic rings. The number of phenolic OH excluding ortho intramolecular Hbond substituents is 2. The van der Waals surface area contributed by atoms with Crippen LogP contribution in [-0.4, -0.2) is 10.2 Å². The molecule has 1 aliphatic rings. The highest BCUT2D eigenvalue weighted by atomic mass is 16.3. The molecule has 1 aliphatic carbocycles. The number of nitrogens with two attached hydrogens (primary N) is 1. The van der Waals surface area contributed by atoms with Crippen molar-refractivity contribution in [3.05, 3.63) is 23.8 Å². The third-order valence-electron chi connectivity index (χ3n) is 2.34. The van der Waals surface area contributed by atoms with E-state index in [4.69, 9.17) is 5.73 Å². The summed E-state index contributed by atoms with van der Waals surface area (Å²) in [6.07, 6.45) is 1.76. The smallest absolute Gasteiger partial charge is 0.162 e. The van der Waals surface area contributed by atoms with Crippen LogP contribution < -0.4 is 5.73 Å². The average molecular weight is 165 g/mol. The lowest BCUT2D eigenvalue weighted by molar-refractivity contribution is 0.395. The molecule has 4 N–H and O–H groups in total. The van der Waals surface area contributed by atoms with E-state index < -0.39 is 0 Å². The minimum atomic E-state index is -0.386. The standard InChI is InChI=1S/C9H11NO2/c10-9(4-5-9)6-2-1-3-7(11)8(6)12/h1-3,11-12H,4-5,10H2. The van der Waals surface area contributed by atoms with E-state index in [0.717, 1.165) is 12.8 Å². The van der Waals surface area contributed by atoms with E-state index in [0.29, 0.717) is 5.56 Å². The van der Waals surface area contributed by atoms with Crippen molar-refractivity contribution < 1.29 is 10.2 Å². The summed E-state index contributed by atoms with van der Waals surface area (Å²) >= 11 is 0. The Morgan fingerprint density at radius 2 is 1.92 bits per heavy atom. The Hall–Kier alpha value is -1.22. The van der Waals surface area contributed by atoms with Crippen LogP contribution in [0, 0.1) is 0 Å². The second kappa shape index (κ2) is 2.14. The van der Waals surface area contributed by atoms with Crippen molar-refractivity contribution in [2.75, 3.05) is 0 Å². The van der Waals surface area contributed by atoms with Gasteiger partial charge in [-0.25, -0.2) is 0 Å². The number of phenols is 2. The van der Waals surface area contributed by atoms with Gasteiger partial charge in [0.1, 0.15) is 0 Å². The predicted molar refractivity (Wildman–Crippen MR) is 44.9 cm³/mol. The number of hydrogen-bond acceptors (Lipinski definition) is 3. The van der Waals surface area contributed by atoms with Gasteiger partial charge in [0.15, 0.2) is 11.5 Å². The summed E-state index contributed by atoms with van der Waals surface area (Å²) in [4.78, 5) is 0. The van der Waals surface area contributed by atoms with Gasteiger partial charge in [0.25, 0.3) is 0 Å². The van der Waals surface area contributed by atoms with Crippen molar-refractivity contribution in [1.29, 1.82) is 0 Å². The van der Waals surface area contributed by atoms with Crippen LogP contribution in [0.5, 0.6) is 11.5 Å². The molecule has 1 fully saturated rings. The van der Waals surface area contributed by atoms with E-state index in [-0.39, 0.29) is 17.0 Å². The van der Waals surface area contributed by atoms with Crippen molar-refractivity contribution in [3.63, 3.8) is 0 Å². The Morgan fingerprint density at radius 1 is 1.25 bits per heavy atom. The minimum absolute atomic E-state index is 0.0718. The maximum atomic E-state index is 9.44. The Morgan fingerprint density at radius 3 is 2.50 bits per heavy atom. The molecule has 0 bridgehead atoms. The molecule has 0 radical (unpaired) electrons. The molecule has 0 aromatic heterocycles. The van der Waals surface area contributed by atoms with Crippen molar-refractivity contribution in [1.82, 2.24) is 0 Å². The Kier molecular flexibility index (Phi) is 1.32. The van der Waals surface area contributed by atoms with Crippen LogP contribution in [0.2, 0.25) is 0 Å². The first-order chi connectivity index (χ1) is 5.63. The number of aromatic hydroxyl groups is 2. The molecule has 0 amide bonds. The molecule has 1 saturated carbocycles. The van der Waals surface area contributed by atoms with Gasteiger partial charge in [-0.3, -0.25) is 0 Å². The first kappa shape index (κ1) is 7.43. The van der Waals surface area contributed by atoms with Gasteiger partial charge in [-0.05, 0) is 18.9 Å². The van der Waals surface area contributed by atoms with E-state index in [1.54, 1.807) is 12.1 Å². The lowest BCUT2D eigenvalue weighted by Gasteiger charge is -2.11. The van der Waals surface area contributed by atoms with Crippen LogP contribution in [0.1, 0.15) is 18.4 Å². The SMILES string of the molecule is NC1(c2cccc(O)c2O)CC1. The summed E-state index contributed by atoms with van der Waals surface area (Å²) < 4.78 is 0. The van der Waals surface area contributed by atoms with Crippen molar-refractivity contribution >= 4 is 0 Å². The second-order valence-electron chi connectivity index (χ2n) is 3.33. The lowest BCUT2D eigenvalue weighted by atomic mass is 10.0. The zero-order valence-corrected chi connectivity index (χ0v) is 6.62. The summed E-state index contributed by atoms with van der Waals surface area (Å²) in [5.74, 6) is -0.165. The average Bonchev–Trinajstić information content (AvgIpc) is 2.75. The molecular weight excluding hydrogens is 154 g/mol. The maximum Gasteiger partial charge on any atom is 0.162 e. The lowest BCUT2D eigenvalue weighted by Crippen LogP contribution is -2.18. The summed E-state index contributed by atoms with van der Waals surface area (Å²) in [5, 5.41) is 18.6. The van der Waals surface area contributed by atoms with Crippen molar-refractivity contribution in [2.24, 2.45) is 5.73 Å². The van der Waals surface area contributed by atoms with Crippen LogP contribution in [0.3, 0.4) is 0 Å². The van der Waals surface area contributed by atoms with Gasteiger partial charge in [-0.2, -0.15) is 0 Å². The summed E-state index contributed by atoms with van der Waals surface area (Å²) in [7, 11) is 0. The molecule has 12 heavy (non-hydrogen) atoms. The molecule has 3 nitrogen and oxygen atoms in total. The van der Waals surface area contributed by atoms with E-state index in [1.807, 2.05) is 0 Å². The zero-order chi connectivity index (χ0) is 8.77. The number of hydrogen-bond donors (Lipinski definition) is 3. The first-order valence-electron chi connectivity index (χ1n) is 3.94. The molecule has 0 spiro atoms. The van der Waals surface area contributed by atoms with Crippen molar-refractivity contribution in [2.45, 2.75) is 18.4 Å². The van der Waals surface area contributed by atoms with Crippen LogP contribution >= 0.6 is 0 Å². The van der Waals surface area contributed by atoms with Gasteiger partial charge in [-0.15, -0.1) is 0 Å². The summed E-state index contributed by atoms with van der Waals surface area (Å²) in [6, 6.07) is 4.89. The Bertz CT molecular complexity index is 318. The van der Waals surface area contributed by atoms with Gasteiger partial charge < -0.3 is 15.9 Å². The molecule has 3 heteroatoms. The normalized spacial score (nSPS) is 19.1. The largest absolute Gasteiger partial charge is 0.504 e. The monoisotopic (exact) mass is 165 g/mol. The van der Waals surface area contributed by atoms with E-state index in [1.165, 1.54) is 6.07 Å². The van der Waals surface area contributed by atoms with E-state index in [2.05, 4.69) is 0 Å². The molecule has 0 aliphatic heterocycles. The highest BCUT2D eigenvalue weighted by Crippen LogP contribution is 2.48. The highest BCUT2D eigenvalue weighted by molar-refractivity contribution is 5.49. The summed E-state index contributed by atoms with van der Waals surface area (Å²) in [5.41, 5.74) is 6.14. The quantitative estimate of drug-likeness (QED) is 0.545. The molecule has 2 rings (SSSR count). The third-order valence-corrected chi connectivity index (χ3v) is 2.34. The van der Waals surface area contributed by atoms with Crippen LogP contribution in [0.15, 0.2) is 18.2 Å². The molecule has 0 atom stereocenters. The van der Waals surface area contributed by atoms with Gasteiger partial charge in [-0.1, -0.05) is 12.1 Å². The molecule has 0 unspecified atom stereocenters. The van der Waals surface area contributed by atoms with Crippen LogP contribution in [0.25, 0.3) is 0 Å². The topological polar surface area (TPSA) is 66.5 Å². The number of para-hydroxylation sites is 1. The minimum Gasteiger partial charge on any atom is -0.504 e. The Balaban J connectivity index is 2.51. The molecule has 0 saturated heterocycles. The summed E-state index contributed by atoms with van der Waals surface area (Å²) in [6.45, 7) is 0. The second-order valence-corrected chi connectivity index (χ2v) is 3.33.